The van der Waals surface area contributed by atoms with Crippen molar-refractivity contribution in [3.8, 4) is 5.88 Å². The van der Waals surface area contributed by atoms with Crippen LogP contribution in [0.1, 0.15) is 38.7 Å². The second kappa shape index (κ2) is 6.02. The highest BCUT2D eigenvalue weighted by Crippen LogP contribution is 2.33. The molecule has 3 unspecified atom stereocenters. The number of hydrogen-bond acceptors (Lipinski definition) is 3. The third-order valence-corrected chi connectivity index (χ3v) is 4.89. The van der Waals surface area contributed by atoms with Gasteiger partial charge < -0.3 is 10.5 Å². The lowest BCUT2D eigenvalue weighted by atomic mass is 9.80. The molecule has 1 aliphatic carbocycles. The van der Waals surface area contributed by atoms with E-state index < -0.39 is 0 Å². The largest absolute Gasteiger partial charge is 0.474 e. The van der Waals surface area contributed by atoms with Gasteiger partial charge in [-0.2, -0.15) is 0 Å². The van der Waals surface area contributed by atoms with Gasteiger partial charge in [0.25, 0.3) is 0 Å². The van der Waals surface area contributed by atoms with Crippen LogP contribution in [0.4, 0.5) is 0 Å². The first-order valence-electron chi connectivity index (χ1n) is 7.92. The van der Waals surface area contributed by atoms with Crippen LogP contribution < -0.4 is 10.5 Å². The fraction of sp³-hybridized carbons (Fsp3) is 0.500. The lowest BCUT2D eigenvalue weighted by molar-refractivity contribution is 0.0979. The Morgan fingerprint density at radius 1 is 1.14 bits per heavy atom. The lowest BCUT2D eigenvalue weighted by Crippen LogP contribution is -2.29. The van der Waals surface area contributed by atoms with Gasteiger partial charge in [-0.25, -0.2) is 4.98 Å². The maximum absolute atomic E-state index is 6.23. The summed E-state index contributed by atoms with van der Waals surface area (Å²) in [5.41, 5.74) is 6.88. The molecule has 3 nitrogen and oxygen atoms in total. The van der Waals surface area contributed by atoms with E-state index in [0.29, 0.717) is 6.54 Å². The molecule has 1 fully saturated rings. The Balaban J connectivity index is 1.88. The molecular weight excluding hydrogens is 260 g/mol. The highest BCUT2D eigenvalue weighted by atomic mass is 16.5. The number of nitrogens with zero attached hydrogens (tertiary/aromatic N) is 1. The zero-order valence-electron chi connectivity index (χ0n) is 12.9. The molecule has 3 rings (SSSR count). The summed E-state index contributed by atoms with van der Waals surface area (Å²) in [6.07, 6.45) is 5.63. The summed E-state index contributed by atoms with van der Waals surface area (Å²) in [4.78, 5) is 4.51. The van der Waals surface area contributed by atoms with Crippen molar-refractivity contribution in [3.05, 3.63) is 36.0 Å². The Morgan fingerprint density at radius 3 is 2.62 bits per heavy atom. The van der Waals surface area contributed by atoms with Crippen molar-refractivity contribution in [3.63, 3.8) is 0 Å². The normalized spacial score (nSPS) is 26.0. The van der Waals surface area contributed by atoms with Gasteiger partial charge in [-0.05, 0) is 48.1 Å². The van der Waals surface area contributed by atoms with Crippen LogP contribution in [0.25, 0.3) is 10.8 Å². The average Bonchev–Trinajstić information content (AvgIpc) is 2.51. The topological polar surface area (TPSA) is 48.1 Å². The van der Waals surface area contributed by atoms with E-state index in [0.717, 1.165) is 46.9 Å². The Kier molecular flexibility index (Phi) is 4.11. The molecule has 0 radical (unpaired) electrons. The number of hydrogen-bond donors (Lipinski definition) is 1. The molecule has 0 bridgehead atoms. The van der Waals surface area contributed by atoms with E-state index in [-0.39, 0.29) is 6.10 Å². The maximum atomic E-state index is 6.23. The van der Waals surface area contributed by atoms with Crippen molar-refractivity contribution >= 4 is 10.8 Å². The second-order valence-corrected chi connectivity index (χ2v) is 6.35. The van der Waals surface area contributed by atoms with E-state index in [4.69, 9.17) is 10.5 Å². The molecule has 1 heterocycles. The zero-order chi connectivity index (χ0) is 14.8. The predicted octanol–water partition coefficient (Wildman–Crippen LogP) is 3.90. The fourth-order valence-corrected chi connectivity index (χ4v) is 3.24. The number of aromatic nitrogens is 1. The molecule has 3 heteroatoms. The van der Waals surface area contributed by atoms with E-state index in [1.807, 2.05) is 18.3 Å². The molecule has 1 saturated carbocycles. The molecule has 112 valence electrons. The molecule has 0 saturated heterocycles. The summed E-state index contributed by atoms with van der Waals surface area (Å²) in [6, 6.07) is 8.24. The van der Waals surface area contributed by atoms with Gasteiger partial charge in [0.15, 0.2) is 0 Å². The van der Waals surface area contributed by atoms with Crippen molar-refractivity contribution in [2.24, 2.45) is 17.6 Å². The molecule has 1 aliphatic rings. The van der Waals surface area contributed by atoms with Crippen LogP contribution in [0.3, 0.4) is 0 Å². The third kappa shape index (κ3) is 2.88. The summed E-state index contributed by atoms with van der Waals surface area (Å²) >= 11 is 0. The van der Waals surface area contributed by atoms with Crippen LogP contribution in [-0.4, -0.2) is 11.1 Å². The van der Waals surface area contributed by atoms with E-state index in [1.54, 1.807) is 0 Å². The molecule has 2 N–H and O–H groups in total. The van der Waals surface area contributed by atoms with Crippen molar-refractivity contribution < 1.29 is 4.74 Å². The minimum absolute atomic E-state index is 0.288. The fourth-order valence-electron chi connectivity index (χ4n) is 3.24. The molecule has 0 aliphatic heterocycles. The summed E-state index contributed by atoms with van der Waals surface area (Å²) in [7, 11) is 0. The van der Waals surface area contributed by atoms with Crippen LogP contribution in [0.15, 0.2) is 30.5 Å². The summed E-state index contributed by atoms with van der Waals surface area (Å²) in [6.45, 7) is 5.17. The minimum atomic E-state index is 0.288. The SMILES string of the molecule is CC1CCC(Oc2ncc(CN)c3ccccc23)CC1C. The molecule has 1 aromatic carbocycles. The Labute approximate surface area is 126 Å². The maximum Gasteiger partial charge on any atom is 0.221 e. The number of pyridine rings is 1. The molecular formula is C18H24N2O. The second-order valence-electron chi connectivity index (χ2n) is 6.35. The zero-order valence-corrected chi connectivity index (χ0v) is 12.9. The molecule has 0 spiro atoms. The van der Waals surface area contributed by atoms with E-state index >= 15 is 0 Å². The van der Waals surface area contributed by atoms with Crippen molar-refractivity contribution in [1.82, 2.24) is 4.98 Å². The van der Waals surface area contributed by atoms with Gasteiger partial charge in [-0.3, -0.25) is 0 Å². The van der Waals surface area contributed by atoms with Gasteiger partial charge in [0.2, 0.25) is 5.88 Å². The van der Waals surface area contributed by atoms with E-state index in [9.17, 15) is 0 Å². The number of rotatable bonds is 3. The first-order chi connectivity index (χ1) is 10.2. The van der Waals surface area contributed by atoms with Crippen molar-refractivity contribution in [2.75, 3.05) is 0 Å². The van der Waals surface area contributed by atoms with Gasteiger partial charge in [0.1, 0.15) is 6.10 Å². The lowest BCUT2D eigenvalue weighted by Gasteiger charge is -2.32. The molecule has 1 aromatic heterocycles. The van der Waals surface area contributed by atoms with Gasteiger partial charge in [-0.15, -0.1) is 0 Å². The Bertz CT molecular complexity index is 626. The third-order valence-electron chi connectivity index (χ3n) is 4.89. The van der Waals surface area contributed by atoms with E-state index in [2.05, 4.69) is 31.0 Å². The van der Waals surface area contributed by atoms with Crippen molar-refractivity contribution in [2.45, 2.75) is 45.8 Å². The van der Waals surface area contributed by atoms with Crippen LogP contribution in [0, 0.1) is 11.8 Å². The molecule has 21 heavy (non-hydrogen) atoms. The van der Waals surface area contributed by atoms with Gasteiger partial charge >= 0.3 is 0 Å². The molecule has 3 atom stereocenters. The molecule has 2 aromatic rings. The highest BCUT2D eigenvalue weighted by molar-refractivity contribution is 5.89. The van der Waals surface area contributed by atoms with Crippen LogP contribution in [0.2, 0.25) is 0 Å². The molecule has 0 amide bonds. The summed E-state index contributed by atoms with van der Waals surface area (Å²) < 4.78 is 6.23. The monoisotopic (exact) mass is 284 g/mol. The van der Waals surface area contributed by atoms with Gasteiger partial charge in [0.05, 0.1) is 0 Å². The van der Waals surface area contributed by atoms with E-state index in [1.165, 1.54) is 6.42 Å². The standard InChI is InChI=1S/C18H24N2O/c1-12-7-8-15(9-13(12)2)21-18-17-6-4-3-5-16(17)14(10-19)11-20-18/h3-6,11-13,15H,7-10,19H2,1-2H3. The Hall–Kier alpha value is -1.61. The quantitative estimate of drug-likeness (QED) is 0.930. The van der Waals surface area contributed by atoms with Crippen molar-refractivity contribution in [1.29, 1.82) is 0 Å². The summed E-state index contributed by atoms with van der Waals surface area (Å²) in [5.74, 6) is 2.28. The van der Waals surface area contributed by atoms with Crippen LogP contribution >= 0.6 is 0 Å². The smallest absolute Gasteiger partial charge is 0.221 e. The van der Waals surface area contributed by atoms with Crippen LogP contribution in [0.5, 0.6) is 5.88 Å². The van der Waals surface area contributed by atoms with Gasteiger partial charge in [-0.1, -0.05) is 32.0 Å². The first-order valence-corrected chi connectivity index (χ1v) is 7.92. The highest BCUT2D eigenvalue weighted by Gasteiger charge is 2.26. The first kappa shape index (κ1) is 14.3. The number of ether oxygens (including phenoxy) is 1. The minimum Gasteiger partial charge on any atom is -0.474 e. The number of fused-ring (bicyclic) bond motifs is 1. The van der Waals surface area contributed by atoms with Gasteiger partial charge in [0, 0.05) is 18.1 Å². The predicted molar refractivity (Wildman–Crippen MR) is 86.2 cm³/mol. The number of nitrogens with two attached hydrogens (primary N) is 1. The van der Waals surface area contributed by atoms with Crippen LogP contribution in [-0.2, 0) is 6.54 Å². The average molecular weight is 284 g/mol. The Morgan fingerprint density at radius 2 is 1.90 bits per heavy atom. The number of benzene rings is 1. The summed E-state index contributed by atoms with van der Waals surface area (Å²) in [5, 5.41) is 2.23.